The van der Waals surface area contributed by atoms with E-state index in [2.05, 4.69) is 29.8 Å². The molecule has 0 bridgehead atoms. The minimum atomic E-state index is 0.537. The van der Waals surface area contributed by atoms with Gasteiger partial charge in [-0.05, 0) is 36.6 Å². The van der Waals surface area contributed by atoms with Gasteiger partial charge in [0.2, 0.25) is 0 Å². The molecule has 0 saturated heterocycles. The molecule has 1 aromatic rings. The molecule has 0 radical (unpaired) electrons. The van der Waals surface area contributed by atoms with E-state index in [1.165, 1.54) is 0 Å². The average Bonchev–Trinajstić information content (AvgIpc) is 2.21. The van der Waals surface area contributed by atoms with Crippen LogP contribution in [0.5, 0.6) is 5.75 Å². The normalized spacial score (nSPS) is 12.9. The Balaban J connectivity index is 2.60. The lowest BCUT2D eigenvalue weighted by Gasteiger charge is -2.19. The number of alkyl halides is 1. The largest absolute Gasteiger partial charge is 0.493 e. The molecule has 1 aromatic carbocycles. The molecular weight excluding hydrogens is 287 g/mol. The van der Waals surface area contributed by atoms with Gasteiger partial charge in [0.05, 0.1) is 6.61 Å². The summed E-state index contributed by atoms with van der Waals surface area (Å²) in [6.07, 6.45) is 0. The SMILES string of the molecule is Cc1cc(Cl)ccc1OCC(CBr)C(C)C. The maximum absolute atomic E-state index is 5.89. The van der Waals surface area contributed by atoms with Gasteiger partial charge in [-0.3, -0.25) is 0 Å². The number of ether oxygens (including phenoxy) is 1. The highest BCUT2D eigenvalue weighted by Gasteiger charge is 2.13. The summed E-state index contributed by atoms with van der Waals surface area (Å²) in [5.41, 5.74) is 1.09. The fourth-order valence-corrected chi connectivity index (χ4v) is 2.55. The molecule has 0 saturated carbocycles. The zero-order valence-electron chi connectivity index (χ0n) is 9.97. The standard InChI is InChI=1S/C13H18BrClO/c1-9(2)11(7-14)8-16-13-5-4-12(15)6-10(13)3/h4-6,9,11H,7-8H2,1-3H3. The Bertz CT molecular complexity index is 339. The minimum Gasteiger partial charge on any atom is -0.493 e. The van der Waals surface area contributed by atoms with E-state index < -0.39 is 0 Å². The number of hydrogen-bond acceptors (Lipinski definition) is 1. The monoisotopic (exact) mass is 304 g/mol. The van der Waals surface area contributed by atoms with Gasteiger partial charge in [-0.15, -0.1) is 0 Å². The fraction of sp³-hybridized carbons (Fsp3) is 0.538. The maximum atomic E-state index is 5.89. The summed E-state index contributed by atoms with van der Waals surface area (Å²) in [6.45, 7) is 7.18. The van der Waals surface area contributed by atoms with Gasteiger partial charge in [-0.2, -0.15) is 0 Å². The molecule has 0 amide bonds. The predicted octanol–water partition coefficient (Wildman–Crippen LogP) is 4.69. The first kappa shape index (κ1) is 13.9. The van der Waals surface area contributed by atoms with E-state index >= 15 is 0 Å². The molecule has 0 aliphatic carbocycles. The van der Waals surface area contributed by atoms with E-state index in [1.54, 1.807) is 0 Å². The van der Waals surface area contributed by atoms with Gasteiger partial charge < -0.3 is 4.74 Å². The quantitative estimate of drug-likeness (QED) is 0.717. The number of aryl methyl sites for hydroxylation is 1. The molecule has 16 heavy (non-hydrogen) atoms. The third-order valence-corrected chi connectivity index (χ3v) is 3.80. The summed E-state index contributed by atoms with van der Waals surface area (Å²) in [5.74, 6) is 2.08. The van der Waals surface area contributed by atoms with Crippen LogP contribution in [-0.4, -0.2) is 11.9 Å². The average molecular weight is 306 g/mol. The second-order valence-corrected chi connectivity index (χ2v) is 5.46. The van der Waals surface area contributed by atoms with Gasteiger partial charge in [0.1, 0.15) is 5.75 Å². The molecule has 0 heterocycles. The summed E-state index contributed by atoms with van der Waals surface area (Å²) in [7, 11) is 0. The molecule has 1 rings (SSSR count). The Hall–Kier alpha value is -0.210. The molecule has 0 fully saturated rings. The van der Waals surface area contributed by atoms with Gasteiger partial charge >= 0.3 is 0 Å². The summed E-state index contributed by atoms with van der Waals surface area (Å²) in [5, 5.41) is 1.72. The van der Waals surface area contributed by atoms with Crippen molar-refractivity contribution >= 4 is 27.5 Å². The van der Waals surface area contributed by atoms with Crippen molar-refractivity contribution in [1.82, 2.24) is 0 Å². The van der Waals surface area contributed by atoms with E-state index in [-0.39, 0.29) is 0 Å². The first-order valence-corrected chi connectivity index (χ1v) is 6.99. The number of rotatable bonds is 5. The Morgan fingerprint density at radius 3 is 2.56 bits per heavy atom. The van der Waals surface area contributed by atoms with E-state index in [4.69, 9.17) is 16.3 Å². The van der Waals surface area contributed by atoms with Gasteiger partial charge in [-0.25, -0.2) is 0 Å². The van der Waals surface area contributed by atoms with Gasteiger partial charge in [0.25, 0.3) is 0 Å². The minimum absolute atomic E-state index is 0.537. The highest BCUT2D eigenvalue weighted by molar-refractivity contribution is 9.09. The van der Waals surface area contributed by atoms with Crippen molar-refractivity contribution in [3.63, 3.8) is 0 Å². The fourth-order valence-electron chi connectivity index (χ4n) is 1.39. The van der Waals surface area contributed by atoms with Crippen LogP contribution in [0.4, 0.5) is 0 Å². The zero-order chi connectivity index (χ0) is 12.1. The van der Waals surface area contributed by atoms with Crippen LogP contribution in [0.3, 0.4) is 0 Å². The van der Waals surface area contributed by atoms with Crippen molar-refractivity contribution in [2.45, 2.75) is 20.8 Å². The molecule has 0 aromatic heterocycles. The molecule has 1 nitrogen and oxygen atoms in total. The van der Waals surface area contributed by atoms with E-state index in [0.717, 1.165) is 28.3 Å². The first-order chi connectivity index (χ1) is 7.54. The van der Waals surface area contributed by atoms with Crippen molar-refractivity contribution in [1.29, 1.82) is 0 Å². The van der Waals surface area contributed by atoms with Crippen LogP contribution in [-0.2, 0) is 0 Å². The first-order valence-electron chi connectivity index (χ1n) is 5.49. The van der Waals surface area contributed by atoms with Crippen LogP contribution in [0.15, 0.2) is 18.2 Å². The third kappa shape index (κ3) is 3.99. The Labute approximate surface area is 111 Å². The summed E-state index contributed by atoms with van der Waals surface area (Å²) < 4.78 is 5.82. The van der Waals surface area contributed by atoms with Crippen LogP contribution < -0.4 is 4.74 Å². The van der Waals surface area contributed by atoms with Crippen LogP contribution >= 0.6 is 27.5 Å². The van der Waals surface area contributed by atoms with Crippen molar-refractivity contribution in [2.24, 2.45) is 11.8 Å². The molecule has 0 N–H and O–H groups in total. The smallest absolute Gasteiger partial charge is 0.122 e. The molecule has 0 aliphatic heterocycles. The van der Waals surface area contributed by atoms with Gasteiger partial charge in [0.15, 0.2) is 0 Å². The molecule has 1 unspecified atom stereocenters. The summed E-state index contributed by atoms with van der Waals surface area (Å²) in [4.78, 5) is 0. The Morgan fingerprint density at radius 2 is 2.06 bits per heavy atom. The van der Waals surface area contributed by atoms with Crippen LogP contribution in [0.25, 0.3) is 0 Å². The van der Waals surface area contributed by atoms with Crippen LogP contribution in [0, 0.1) is 18.8 Å². The lowest BCUT2D eigenvalue weighted by Crippen LogP contribution is -2.19. The maximum Gasteiger partial charge on any atom is 0.122 e. The molecule has 90 valence electrons. The lowest BCUT2D eigenvalue weighted by molar-refractivity contribution is 0.226. The second kappa shape index (κ2) is 6.51. The highest BCUT2D eigenvalue weighted by atomic mass is 79.9. The van der Waals surface area contributed by atoms with Gasteiger partial charge in [-0.1, -0.05) is 41.4 Å². The third-order valence-electron chi connectivity index (χ3n) is 2.73. The van der Waals surface area contributed by atoms with Crippen molar-refractivity contribution in [3.8, 4) is 5.75 Å². The molecule has 0 aliphatic rings. The summed E-state index contributed by atoms with van der Waals surface area (Å²) >= 11 is 9.41. The highest BCUT2D eigenvalue weighted by Crippen LogP contribution is 2.23. The summed E-state index contributed by atoms with van der Waals surface area (Å²) in [6, 6.07) is 5.72. The molecular formula is C13H18BrClO. The second-order valence-electron chi connectivity index (χ2n) is 4.38. The number of benzene rings is 1. The van der Waals surface area contributed by atoms with Crippen LogP contribution in [0.2, 0.25) is 5.02 Å². The molecule has 1 atom stereocenters. The van der Waals surface area contributed by atoms with Gasteiger partial charge in [0, 0.05) is 16.3 Å². The zero-order valence-corrected chi connectivity index (χ0v) is 12.3. The van der Waals surface area contributed by atoms with E-state index in [1.807, 2.05) is 25.1 Å². The molecule has 0 spiro atoms. The molecule has 3 heteroatoms. The van der Waals surface area contributed by atoms with E-state index in [9.17, 15) is 0 Å². The Kier molecular flexibility index (Phi) is 5.63. The van der Waals surface area contributed by atoms with E-state index in [0.29, 0.717) is 11.8 Å². The topological polar surface area (TPSA) is 9.23 Å². The van der Waals surface area contributed by atoms with Crippen LogP contribution in [0.1, 0.15) is 19.4 Å². The number of hydrogen-bond donors (Lipinski definition) is 0. The number of halogens is 2. The van der Waals surface area contributed by atoms with Crippen molar-refractivity contribution < 1.29 is 4.74 Å². The predicted molar refractivity (Wildman–Crippen MR) is 73.8 cm³/mol. The van der Waals surface area contributed by atoms with Crippen molar-refractivity contribution in [2.75, 3.05) is 11.9 Å². The Morgan fingerprint density at radius 1 is 1.38 bits per heavy atom. The lowest BCUT2D eigenvalue weighted by atomic mass is 9.99. The van der Waals surface area contributed by atoms with Crippen molar-refractivity contribution in [3.05, 3.63) is 28.8 Å².